The number of hydrogen-bond donors (Lipinski definition) is 2. The highest BCUT2D eigenvalue weighted by atomic mass is 32.2. The van der Waals surface area contributed by atoms with E-state index in [0.29, 0.717) is 11.3 Å². The molecule has 0 aliphatic carbocycles. The smallest absolute Gasteiger partial charge is 0.295 e. The van der Waals surface area contributed by atoms with Gasteiger partial charge in [-0.25, -0.2) is 12.8 Å². The van der Waals surface area contributed by atoms with E-state index in [1.807, 2.05) is 0 Å². The van der Waals surface area contributed by atoms with Crippen LogP contribution in [-0.4, -0.2) is 26.7 Å². The molecule has 0 radical (unpaired) electrons. The minimum Gasteiger partial charge on any atom is -0.497 e. The van der Waals surface area contributed by atoms with Gasteiger partial charge in [-0.1, -0.05) is 12.1 Å². The van der Waals surface area contributed by atoms with Gasteiger partial charge in [-0.05, 0) is 54.1 Å². The lowest BCUT2D eigenvalue weighted by Crippen LogP contribution is -2.13. The third-order valence-electron chi connectivity index (χ3n) is 4.09. The van der Waals surface area contributed by atoms with Crippen LogP contribution in [-0.2, 0) is 10.0 Å². The maximum absolute atomic E-state index is 12.9. The summed E-state index contributed by atoms with van der Waals surface area (Å²) in [7, 11) is -2.59. The monoisotopic (exact) mass is 444 g/mol. The normalized spacial score (nSPS) is 11.3. The molecular weight excluding hydrogens is 427 g/mol. The van der Waals surface area contributed by atoms with Crippen LogP contribution in [0.5, 0.6) is 5.75 Å². The van der Waals surface area contributed by atoms with Crippen molar-refractivity contribution in [3.63, 3.8) is 0 Å². The quantitative estimate of drug-likeness (QED) is 0.308. The molecule has 0 unspecified atom stereocenters. The van der Waals surface area contributed by atoms with Crippen molar-refractivity contribution in [2.24, 2.45) is 5.10 Å². The van der Waals surface area contributed by atoms with Crippen molar-refractivity contribution in [3.05, 3.63) is 88.2 Å². The third kappa shape index (κ3) is 5.54. The summed E-state index contributed by atoms with van der Waals surface area (Å²) >= 11 is 0. The zero-order chi connectivity index (χ0) is 22.4. The van der Waals surface area contributed by atoms with Gasteiger partial charge in [0.15, 0.2) is 0 Å². The summed E-state index contributed by atoms with van der Waals surface area (Å²) < 4.78 is 45.5. The molecule has 0 heterocycles. The van der Waals surface area contributed by atoms with Crippen LogP contribution in [0.3, 0.4) is 0 Å². The van der Waals surface area contributed by atoms with Gasteiger partial charge in [0, 0.05) is 11.8 Å². The van der Waals surface area contributed by atoms with E-state index in [1.165, 1.54) is 61.9 Å². The second kappa shape index (κ2) is 9.22. The molecule has 160 valence electrons. The summed E-state index contributed by atoms with van der Waals surface area (Å²) in [5.41, 5.74) is 2.86. The molecule has 0 bridgehead atoms. The highest BCUT2D eigenvalue weighted by molar-refractivity contribution is 7.92. The van der Waals surface area contributed by atoms with E-state index in [-0.39, 0.29) is 16.3 Å². The van der Waals surface area contributed by atoms with Gasteiger partial charge < -0.3 is 4.74 Å². The van der Waals surface area contributed by atoms with Gasteiger partial charge in [-0.3, -0.25) is 20.3 Å². The van der Waals surface area contributed by atoms with Gasteiger partial charge in [0.05, 0.1) is 23.1 Å². The molecule has 0 fully saturated rings. The topological polar surface area (TPSA) is 123 Å². The van der Waals surface area contributed by atoms with Crippen molar-refractivity contribution in [2.75, 3.05) is 17.3 Å². The second-order valence-corrected chi connectivity index (χ2v) is 7.87. The van der Waals surface area contributed by atoms with E-state index >= 15 is 0 Å². The zero-order valence-corrected chi connectivity index (χ0v) is 17.0. The van der Waals surface area contributed by atoms with Crippen molar-refractivity contribution in [2.45, 2.75) is 4.90 Å². The van der Waals surface area contributed by atoms with Crippen LogP contribution in [0.25, 0.3) is 0 Å². The predicted molar refractivity (Wildman–Crippen MR) is 115 cm³/mol. The minimum absolute atomic E-state index is 0.00763. The first-order valence-corrected chi connectivity index (χ1v) is 10.3. The number of halogens is 1. The molecule has 11 heteroatoms. The van der Waals surface area contributed by atoms with Crippen molar-refractivity contribution in [1.82, 2.24) is 0 Å². The van der Waals surface area contributed by atoms with Crippen LogP contribution in [0.2, 0.25) is 0 Å². The van der Waals surface area contributed by atoms with E-state index in [1.54, 1.807) is 12.1 Å². The number of sulfonamides is 1. The Morgan fingerprint density at radius 2 is 1.74 bits per heavy atom. The number of hydrogen-bond acceptors (Lipinski definition) is 7. The molecule has 0 amide bonds. The number of ether oxygens (including phenoxy) is 1. The Bertz CT molecular complexity index is 1210. The van der Waals surface area contributed by atoms with E-state index in [9.17, 15) is 22.9 Å². The van der Waals surface area contributed by atoms with E-state index in [2.05, 4.69) is 15.2 Å². The molecule has 0 aromatic heterocycles. The van der Waals surface area contributed by atoms with Crippen molar-refractivity contribution < 1.29 is 22.5 Å². The summed E-state index contributed by atoms with van der Waals surface area (Å²) in [5.74, 6) is 0.149. The second-order valence-electron chi connectivity index (χ2n) is 6.19. The van der Waals surface area contributed by atoms with Gasteiger partial charge in [-0.15, -0.1) is 0 Å². The van der Waals surface area contributed by atoms with Gasteiger partial charge in [0.2, 0.25) is 0 Å². The molecule has 0 saturated carbocycles. The lowest BCUT2D eigenvalue weighted by atomic mass is 10.2. The molecule has 0 atom stereocenters. The number of nitrogens with zero attached hydrogens (tertiary/aromatic N) is 2. The maximum Gasteiger partial charge on any atom is 0.295 e. The molecule has 0 spiro atoms. The first-order chi connectivity index (χ1) is 14.8. The van der Waals surface area contributed by atoms with Crippen molar-refractivity contribution in [1.29, 1.82) is 0 Å². The lowest BCUT2D eigenvalue weighted by molar-refractivity contribution is -0.384. The molecule has 9 nitrogen and oxygen atoms in total. The predicted octanol–water partition coefficient (Wildman–Crippen LogP) is 3.99. The molecule has 2 N–H and O–H groups in total. The number of nitro groups is 1. The van der Waals surface area contributed by atoms with Gasteiger partial charge in [0.25, 0.3) is 15.7 Å². The van der Waals surface area contributed by atoms with E-state index < -0.39 is 26.5 Å². The molecule has 31 heavy (non-hydrogen) atoms. The number of nitro benzene ring substituents is 1. The number of methoxy groups -OCH3 is 1. The van der Waals surface area contributed by atoms with Crippen molar-refractivity contribution >= 4 is 33.3 Å². The highest BCUT2D eigenvalue weighted by Gasteiger charge is 2.21. The fraction of sp³-hybridized carbons (Fsp3) is 0.0500. The maximum atomic E-state index is 12.9. The van der Waals surface area contributed by atoms with Gasteiger partial charge >= 0.3 is 0 Å². The molecular formula is C20H17FN4O5S. The SMILES string of the molecule is COc1ccc(NS(=O)(=O)c2ccc(NN=Cc3ccc(F)cc3)c([N+](=O)[O-])c2)cc1. The third-order valence-corrected chi connectivity index (χ3v) is 5.47. The summed E-state index contributed by atoms with van der Waals surface area (Å²) in [4.78, 5) is 10.4. The Morgan fingerprint density at radius 3 is 2.35 bits per heavy atom. The van der Waals surface area contributed by atoms with Gasteiger partial charge in [0.1, 0.15) is 17.3 Å². The Morgan fingerprint density at radius 1 is 1.06 bits per heavy atom. The number of anilines is 2. The van der Waals surface area contributed by atoms with Crippen LogP contribution in [0.1, 0.15) is 5.56 Å². The van der Waals surface area contributed by atoms with Crippen LogP contribution < -0.4 is 14.9 Å². The summed E-state index contributed by atoms with van der Waals surface area (Å²) in [5, 5.41) is 15.3. The minimum atomic E-state index is -4.07. The molecule has 0 aliphatic rings. The Kier molecular flexibility index (Phi) is 6.46. The molecule has 0 saturated heterocycles. The molecule has 0 aliphatic heterocycles. The zero-order valence-electron chi connectivity index (χ0n) is 16.2. The number of rotatable bonds is 8. The summed E-state index contributed by atoms with van der Waals surface area (Å²) in [6.45, 7) is 0. The standard InChI is InChI=1S/C20H17FN4O5S/c1-30-17-8-6-16(7-9-17)24-31(28,29)18-10-11-19(20(12-18)25(26)27)23-22-13-14-2-4-15(21)5-3-14/h2-13,23-24H,1H3. The lowest BCUT2D eigenvalue weighted by Gasteiger charge is -2.10. The average molecular weight is 444 g/mol. The fourth-order valence-electron chi connectivity index (χ4n) is 2.52. The first kappa shape index (κ1) is 21.7. The van der Waals surface area contributed by atoms with Crippen LogP contribution in [0, 0.1) is 15.9 Å². The van der Waals surface area contributed by atoms with Crippen molar-refractivity contribution in [3.8, 4) is 5.75 Å². The Labute approximate surface area is 177 Å². The highest BCUT2D eigenvalue weighted by Crippen LogP contribution is 2.29. The summed E-state index contributed by atoms with van der Waals surface area (Å²) in [6.07, 6.45) is 1.35. The van der Waals surface area contributed by atoms with Gasteiger partial charge in [-0.2, -0.15) is 5.10 Å². The molecule has 3 aromatic carbocycles. The van der Waals surface area contributed by atoms with Crippen LogP contribution >= 0.6 is 0 Å². The van der Waals surface area contributed by atoms with E-state index in [0.717, 1.165) is 6.07 Å². The van der Waals surface area contributed by atoms with Crippen LogP contribution in [0.4, 0.5) is 21.5 Å². The molecule has 3 rings (SSSR count). The average Bonchev–Trinajstić information content (AvgIpc) is 2.75. The Hall–Kier alpha value is -3.99. The number of benzene rings is 3. The van der Waals surface area contributed by atoms with E-state index in [4.69, 9.17) is 4.74 Å². The van der Waals surface area contributed by atoms with Crippen LogP contribution in [0.15, 0.2) is 76.7 Å². The number of nitrogens with one attached hydrogen (secondary N) is 2. The molecule has 3 aromatic rings. The first-order valence-electron chi connectivity index (χ1n) is 8.78. The fourth-order valence-corrected chi connectivity index (χ4v) is 3.60. The number of hydrazone groups is 1. The summed E-state index contributed by atoms with van der Waals surface area (Å²) in [6, 6.07) is 15.0. The largest absolute Gasteiger partial charge is 0.497 e. The Balaban J connectivity index is 1.81.